The maximum absolute atomic E-state index is 13.0. The number of fused-ring (bicyclic) bond motifs is 1. The van der Waals surface area contributed by atoms with Gasteiger partial charge in [0.05, 0.1) is 17.1 Å². The van der Waals surface area contributed by atoms with E-state index >= 15 is 0 Å². The fourth-order valence-electron chi connectivity index (χ4n) is 3.46. The lowest BCUT2D eigenvalue weighted by Crippen LogP contribution is -2.43. The number of allylic oxidation sites excluding steroid dienone is 5. The van der Waals surface area contributed by atoms with Crippen molar-refractivity contribution in [2.45, 2.75) is 34.2 Å². The Morgan fingerprint density at radius 3 is 2.43 bits per heavy atom. The fourth-order valence-corrected chi connectivity index (χ4v) is 3.46. The summed E-state index contributed by atoms with van der Waals surface area (Å²) in [5.74, 6) is 9.89. The highest BCUT2D eigenvalue weighted by molar-refractivity contribution is 6.48. The van der Waals surface area contributed by atoms with E-state index in [2.05, 4.69) is 11.6 Å². The Morgan fingerprint density at radius 1 is 1.23 bits per heavy atom. The minimum atomic E-state index is -0.832. The van der Waals surface area contributed by atoms with Gasteiger partial charge in [-0.1, -0.05) is 24.8 Å². The molecule has 0 aliphatic heterocycles. The van der Waals surface area contributed by atoms with Crippen LogP contribution in [0.3, 0.4) is 0 Å². The first-order valence-corrected chi connectivity index (χ1v) is 10.8. The number of ketones is 1. The van der Waals surface area contributed by atoms with Gasteiger partial charge in [-0.2, -0.15) is 5.90 Å². The molecule has 0 fully saturated rings. The van der Waals surface area contributed by atoms with Crippen LogP contribution in [0.2, 0.25) is 0 Å². The van der Waals surface area contributed by atoms with Crippen molar-refractivity contribution in [3.63, 3.8) is 0 Å². The van der Waals surface area contributed by atoms with Gasteiger partial charge >= 0.3 is 5.91 Å². The molecule has 8 nitrogen and oxygen atoms in total. The van der Waals surface area contributed by atoms with E-state index in [4.69, 9.17) is 16.6 Å². The Labute approximate surface area is 203 Å². The van der Waals surface area contributed by atoms with E-state index in [1.165, 1.54) is 13.0 Å². The normalized spacial score (nSPS) is 11.2. The third-order valence-corrected chi connectivity index (χ3v) is 5.08. The molecule has 35 heavy (non-hydrogen) atoms. The Bertz CT molecular complexity index is 1270. The number of nitrogens with two attached hydrogens (primary N) is 2. The Balaban J connectivity index is 0.000000466. The highest BCUT2D eigenvalue weighted by atomic mass is 19.1. The fraction of sp³-hybridized carbons (Fsp3) is 0.192. The number of amides is 1. The molecule has 0 atom stereocenters. The van der Waals surface area contributed by atoms with Gasteiger partial charge in [0.1, 0.15) is 5.75 Å². The van der Waals surface area contributed by atoms with Crippen LogP contribution in [0.4, 0.5) is 10.1 Å². The molecule has 0 unspecified atom stereocenters. The van der Waals surface area contributed by atoms with Crippen molar-refractivity contribution < 1.29 is 18.8 Å². The van der Waals surface area contributed by atoms with E-state index in [0.29, 0.717) is 34.5 Å². The van der Waals surface area contributed by atoms with Crippen molar-refractivity contribution in [2.75, 3.05) is 5.01 Å². The van der Waals surface area contributed by atoms with Gasteiger partial charge in [-0.25, -0.2) is 15.2 Å². The monoisotopic (exact) mass is 479 g/mol. The molecule has 184 valence electrons. The van der Waals surface area contributed by atoms with Crippen LogP contribution in [0.25, 0.3) is 10.9 Å². The summed E-state index contributed by atoms with van der Waals surface area (Å²) in [7, 11) is 0. The SMILES string of the molecule is C=C/C=C\C=C(/C)F.CCn1cc(C(=O)C(=O)N(N)c2c(C)cncc2C)c2cc(ON)ccc21. The standard InChI is InChI=1S/C19H21N5O3.C7H9F/c1-4-23-10-15(14-7-13(27-21)5-6-16(14)23)18(25)19(26)24(20)17-11(2)8-22-9-12(17)3;1-3-4-5-6-7(2)8/h5-10H,4,20-21H2,1-3H3;3-6H,1H2,2H3/b;5-4-,7-6+. The maximum Gasteiger partial charge on any atom is 0.313 e. The summed E-state index contributed by atoms with van der Waals surface area (Å²) < 4.78 is 13.7. The highest BCUT2D eigenvalue weighted by Crippen LogP contribution is 2.28. The van der Waals surface area contributed by atoms with Crippen molar-refractivity contribution in [1.29, 1.82) is 0 Å². The van der Waals surface area contributed by atoms with E-state index in [1.54, 1.807) is 68.9 Å². The van der Waals surface area contributed by atoms with Gasteiger partial charge in [-0.05, 0) is 63.1 Å². The average molecular weight is 480 g/mol. The molecule has 1 aromatic carbocycles. The summed E-state index contributed by atoms with van der Waals surface area (Å²) in [6, 6.07) is 5.12. The number of carbonyl (C=O) groups is 2. The number of carbonyl (C=O) groups excluding carboxylic acids is 2. The van der Waals surface area contributed by atoms with Crippen LogP contribution in [-0.4, -0.2) is 21.2 Å². The largest absolute Gasteiger partial charge is 0.412 e. The second-order valence-electron chi connectivity index (χ2n) is 7.63. The van der Waals surface area contributed by atoms with Gasteiger partial charge in [0, 0.05) is 36.0 Å². The molecule has 3 aromatic rings. The predicted molar refractivity (Wildman–Crippen MR) is 136 cm³/mol. The Morgan fingerprint density at radius 2 is 1.89 bits per heavy atom. The molecule has 3 rings (SSSR count). The number of pyridine rings is 1. The molecule has 0 aliphatic rings. The van der Waals surface area contributed by atoms with Crippen LogP contribution in [-0.2, 0) is 11.3 Å². The predicted octanol–water partition coefficient (Wildman–Crippen LogP) is 4.62. The lowest BCUT2D eigenvalue weighted by atomic mass is 10.1. The zero-order chi connectivity index (χ0) is 26.1. The molecule has 0 aliphatic carbocycles. The molecule has 2 heterocycles. The summed E-state index contributed by atoms with van der Waals surface area (Å²) in [6.07, 6.45) is 11.1. The van der Waals surface area contributed by atoms with E-state index in [-0.39, 0.29) is 11.4 Å². The number of nitrogens with zero attached hydrogens (tertiary/aromatic N) is 3. The van der Waals surface area contributed by atoms with Crippen LogP contribution in [0.15, 0.2) is 73.5 Å². The van der Waals surface area contributed by atoms with E-state index < -0.39 is 11.7 Å². The lowest BCUT2D eigenvalue weighted by Gasteiger charge is -2.19. The Hall–Kier alpha value is -4.08. The first-order chi connectivity index (χ1) is 16.7. The molecule has 0 saturated carbocycles. The zero-order valence-electron chi connectivity index (χ0n) is 20.3. The lowest BCUT2D eigenvalue weighted by molar-refractivity contribution is -0.114. The summed E-state index contributed by atoms with van der Waals surface area (Å²) in [5.41, 5.74) is 2.92. The topological polar surface area (TPSA) is 116 Å². The van der Waals surface area contributed by atoms with Crippen LogP contribution in [0.1, 0.15) is 35.3 Å². The number of hydrogen-bond donors (Lipinski definition) is 2. The van der Waals surface area contributed by atoms with Gasteiger partial charge in [0.15, 0.2) is 0 Å². The minimum absolute atomic E-state index is 0.192. The maximum atomic E-state index is 13.0. The summed E-state index contributed by atoms with van der Waals surface area (Å²) in [6.45, 7) is 11.0. The minimum Gasteiger partial charge on any atom is -0.412 e. The summed E-state index contributed by atoms with van der Waals surface area (Å²) in [4.78, 5) is 34.6. The molecule has 2 aromatic heterocycles. The number of anilines is 1. The number of aromatic nitrogens is 2. The molecule has 0 spiro atoms. The van der Waals surface area contributed by atoms with Gasteiger partial charge in [0.2, 0.25) is 0 Å². The van der Waals surface area contributed by atoms with Gasteiger partial charge < -0.3 is 9.40 Å². The van der Waals surface area contributed by atoms with Crippen molar-refractivity contribution >= 4 is 28.3 Å². The summed E-state index contributed by atoms with van der Waals surface area (Å²) in [5, 5.41) is 1.46. The van der Waals surface area contributed by atoms with Crippen LogP contribution >= 0.6 is 0 Å². The number of Topliss-reactive ketones (excluding diaryl/α,β-unsaturated/α-hetero) is 1. The number of aryl methyl sites for hydroxylation is 3. The second kappa shape index (κ2) is 12.4. The number of benzene rings is 1. The van der Waals surface area contributed by atoms with Crippen molar-refractivity contribution in [2.24, 2.45) is 11.7 Å². The number of rotatable bonds is 7. The first-order valence-electron chi connectivity index (χ1n) is 10.8. The number of hydrogen-bond acceptors (Lipinski definition) is 6. The number of hydrazine groups is 1. The van der Waals surface area contributed by atoms with Crippen LogP contribution < -0.4 is 21.6 Å². The molecule has 0 bridgehead atoms. The Kier molecular flexibility index (Phi) is 9.63. The van der Waals surface area contributed by atoms with E-state index in [1.807, 2.05) is 11.5 Å². The summed E-state index contributed by atoms with van der Waals surface area (Å²) >= 11 is 0. The van der Waals surface area contributed by atoms with Crippen molar-refractivity contribution in [3.05, 3.63) is 90.2 Å². The molecular weight excluding hydrogens is 449 g/mol. The van der Waals surface area contributed by atoms with Crippen LogP contribution in [0.5, 0.6) is 5.75 Å². The molecule has 0 radical (unpaired) electrons. The van der Waals surface area contributed by atoms with Crippen molar-refractivity contribution in [1.82, 2.24) is 9.55 Å². The first kappa shape index (κ1) is 27.2. The quantitative estimate of drug-likeness (QED) is 0.128. The molecule has 4 N–H and O–H groups in total. The highest BCUT2D eigenvalue weighted by Gasteiger charge is 2.27. The molecule has 9 heteroatoms. The van der Waals surface area contributed by atoms with E-state index in [9.17, 15) is 14.0 Å². The van der Waals surface area contributed by atoms with Crippen molar-refractivity contribution in [3.8, 4) is 5.75 Å². The number of halogens is 1. The van der Waals surface area contributed by atoms with Gasteiger partial charge in [-0.3, -0.25) is 14.6 Å². The molecule has 1 amide bonds. The van der Waals surface area contributed by atoms with Gasteiger partial charge in [0.25, 0.3) is 5.78 Å². The van der Waals surface area contributed by atoms with E-state index in [0.717, 1.165) is 10.5 Å². The smallest absolute Gasteiger partial charge is 0.313 e. The third kappa shape index (κ3) is 6.50. The average Bonchev–Trinajstić information content (AvgIpc) is 3.21. The van der Waals surface area contributed by atoms with Gasteiger partial charge in [-0.15, -0.1) is 0 Å². The third-order valence-electron chi connectivity index (χ3n) is 5.08. The second-order valence-corrected chi connectivity index (χ2v) is 7.63. The zero-order valence-corrected chi connectivity index (χ0v) is 20.3. The molecular formula is C26H30FN5O3. The molecule has 0 saturated heterocycles. The van der Waals surface area contributed by atoms with Crippen LogP contribution in [0, 0.1) is 13.8 Å².